The molecule has 1 unspecified atom stereocenters. The SMILES string of the molecule is O=C(NC1(C(=O)O)CCSC1)c1cncs1. The van der Waals surface area contributed by atoms with Gasteiger partial charge in [0, 0.05) is 5.75 Å². The number of aliphatic carboxylic acids is 1. The van der Waals surface area contributed by atoms with Gasteiger partial charge in [0.2, 0.25) is 0 Å². The Balaban J connectivity index is 2.13. The van der Waals surface area contributed by atoms with Crippen molar-refractivity contribution in [2.45, 2.75) is 12.0 Å². The molecule has 86 valence electrons. The summed E-state index contributed by atoms with van der Waals surface area (Å²) in [5.74, 6) is -0.134. The maximum atomic E-state index is 11.8. The number of rotatable bonds is 3. The number of carboxylic acids is 1. The number of nitrogens with one attached hydrogen (secondary N) is 1. The second kappa shape index (κ2) is 4.42. The summed E-state index contributed by atoms with van der Waals surface area (Å²) in [7, 11) is 0. The third kappa shape index (κ3) is 2.05. The number of thiazole rings is 1. The smallest absolute Gasteiger partial charge is 0.330 e. The van der Waals surface area contributed by atoms with Gasteiger partial charge in [0.05, 0.1) is 11.7 Å². The fourth-order valence-corrected chi connectivity index (χ4v) is 3.33. The van der Waals surface area contributed by atoms with Gasteiger partial charge in [-0.15, -0.1) is 11.3 Å². The van der Waals surface area contributed by atoms with Gasteiger partial charge in [0.1, 0.15) is 10.4 Å². The van der Waals surface area contributed by atoms with Crippen LogP contribution < -0.4 is 5.32 Å². The van der Waals surface area contributed by atoms with Crippen LogP contribution in [0, 0.1) is 0 Å². The van der Waals surface area contributed by atoms with Gasteiger partial charge >= 0.3 is 5.97 Å². The predicted octanol–water partition coefficient (Wildman–Crippen LogP) is 0.833. The molecule has 7 heteroatoms. The zero-order valence-electron chi connectivity index (χ0n) is 8.30. The molecule has 1 aliphatic rings. The number of hydrogen-bond donors (Lipinski definition) is 2. The Morgan fingerprint density at radius 2 is 2.38 bits per heavy atom. The van der Waals surface area contributed by atoms with Gasteiger partial charge in [-0.2, -0.15) is 11.8 Å². The third-order valence-electron chi connectivity index (χ3n) is 2.44. The molecule has 1 aliphatic heterocycles. The van der Waals surface area contributed by atoms with Gasteiger partial charge in [-0.05, 0) is 12.2 Å². The fraction of sp³-hybridized carbons (Fsp3) is 0.444. The zero-order chi connectivity index (χ0) is 11.6. The lowest BCUT2D eigenvalue weighted by Crippen LogP contribution is -2.54. The summed E-state index contributed by atoms with van der Waals surface area (Å²) in [6.07, 6.45) is 1.91. The van der Waals surface area contributed by atoms with E-state index < -0.39 is 11.5 Å². The van der Waals surface area contributed by atoms with E-state index in [1.165, 1.54) is 17.5 Å². The number of carboxylic acid groups (broad SMARTS) is 1. The minimum atomic E-state index is -1.11. The van der Waals surface area contributed by atoms with Gasteiger partial charge in [0.25, 0.3) is 5.91 Å². The van der Waals surface area contributed by atoms with Crippen molar-refractivity contribution in [3.63, 3.8) is 0 Å². The van der Waals surface area contributed by atoms with Gasteiger partial charge < -0.3 is 10.4 Å². The molecule has 0 aliphatic carbocycles. The Kier molecular flexibility index (Phi) is 3.15. The third-order valence-corrected chi connectivity index (χ3v) is 4.40. The number of hydrogen-bond acceptors (Lipinski definition) is 5. The summed E-state index contributed by atoms with van der Waals surface area (Å²) in [5, 5.41) is 11.8. The number of aromatic nitrogens is 1. The Bertz CT molecular complexity index is 399. The van der Waals surface area contributed by atoms with Crippen LogP contribution in [0.3, 0.4) is 0 Å². The summed E-state index contributed by atoms with van der Waals surface area (Å²) in [5.41, 5.74) is 0.442. The van der Waals surface area contributed by atoms with E-state index in [9.17, 15) is 9.59 Å². The maximum Gasteiger partial charge on any atom is 0.330 e. The Labute approximate surface area is 100 Å². The monoisotopic (exact) mass is 258 g/mol. The molecule has 2 rings (SSSR count). The topological polar surface area (TPSA) is 79.3 Å². The molecule has 0 bridgehead atoms. The molecule has 5 nitrogen and oxygen atoms in total. The van der Waals surface area contributed by atoms with Crippen LogP contribution in [0.4, 0.5) is 0 Å². The van der Waals surface area contributed by atoms with Crippen molar-refractivity contribution in [2.24, 2.45) is 0 Å². The molecule has 1 saturated heterocycles. The molecule has 2 heterocycles. The van der Waals surface area contributed by atoms with E-state index in [0.717, 1.165) is 5.75 Å². The fourth-order valence-electron chi connectivity index (χ4n) is 1.49. The van der Waals surface area contributed by atoms with Crippen LogP contribution in [0.25, 0.3) is 0 Å². The van der Waals surface area contributed by atoms with Crippen LogP contribution in [0.1, 0.15) is 16.1 Å². The summed E-state index contributed by atoms with van der Waals surface area (Å²) in [6, 6.07) is 0. The summed E-state index contributed by atoms with van der Waals surface area (Å²) < 4.78 is 0. The van der Waals surface area contributed by atoms with Crippen molar-refractivity contribution in [1.29, 1.82) is 0 Å². The van der Waals surface area contributed by atoms with Crippen molar-refractivity contribution in [3.8, 4) is 0 Å². The molecule has 16 heavy (non-hydrogen) atoms. The largest absolute Gasteiger partial charge is 0.479 e. The average molecular weight is 258 g/mol. The second-order valence-electron chi connectivity index (χ2n) is 3.51. The molecule has 0 saturated carbocycles. The van der Waals surface area contributed by atoms with E-state index in [4.69, 9.17) is 5.11 Å². The standard InChI is InChI=1S/C9H10N2O3S2/c12-7(6-3-10-5-16-6)11-9(8(13)14)1-2-15-4-9/h3,5H,1-2,4H2,(H,11,12)(H,13,14). The van der Waals surface area contributed by atoms with Crippen molar-refractivity contribution < 1.29 is 14.7 Å². The van der Waals surface area contributed by atoms with E-state index in [2.05, 4.69) is 10.3 Å². The number of amides is 1. The molecule has 1 aromatic heterocycles. The van der Waals surface area contributed by atoms with Gasteiger partial charge in [-0.3, -0.25) is 9.78 Å². The van der Waals surface area contributed by atoms with Gasteiger partial charge in [0.15, 0.2) is 0 Å². The highest BCUT2D eigenvalue weighted by atomic mass is 32.2. The number of nitrogens with zero attached hydrogens (tertiary/aromatic N) is 1. The van der Waals surface area contributed by atoms with E-state index in [0.29, 0.717) is 17.1 Å². The van der Waals surface area contributed by atoms with Crippen molar-refractivity contribution in [2.75, 3.05) is 11.5 Å². The van der Waals surface area contributed by atoms with Gasteiger partial charge in [-0.25, -0.2) is 4.79 Å². The van der Waals surface area contributed by atoms with Crippen molar-refractivity contribution in [1.82, 2.24) is 10.3 Å². The highest BCUT2D eigenvalue weighted by Crippen LogP contribution is 2.28. The number of carbonyl (C=O) groups excluding carboxylic acids is 1. The average Bonchev–Trinajstić information content (AvgIpc) is 2.88. The Morgan fingerprint density at radius 3 is 2.88 bits per heavy atom. The van der Waals surface area contributed by atoms with Crippen LogP contribution in [-0.4, -0.2) is 39.0 Å². The molecule has 1 amide bonds. The second-order valence-corrected chi connectivity index (χ2v) is 5.50. The van der Waals surface area contributed by atoms with E-state index in [1.807, 2.05) is 0 Å². The lowest BCUT2D eigenvalue weighted by Gasteiger charge is -2.23. The Morgan fingerprint density at radius 1 is 1.56 bits per heavy atom. The summed E-state index contributed by atoms with van der Waals surface area (Å²) in [6.45, 7) is 0. The molecule has 1 aromatic rings. The van der Waals surface area contributed by atoms with E-state index in [-0.39, 0.29) is 5.91 Å². The first-order valence-electron chi connectivity index (χ1n) is 4.66. The normalized spacial score (nSPS) is 24.2. The predicted molar refractivity (Wildman–Crippen MR) is 61.9 cm³/mol. The first-order chi connectivity index (χ1) is 7.64. The van der Waals surface area contributed by atoms with Crippen LogP contribution in [0.15, 0.2) is 11.7 Å². The lowest BCUT2D eigenvalue weighted by molar-refractivity contribution is -0.143. The minimum absolute atomic E-state index is 0.354. The molecule has 1 atom stereocenters. The molecular weight excluding hydrogens is 248 g/mol. The van der Waals surface area contributed by atoms with Crippen LogP contribution >= 0.6 is 23.1 Å². The summed E-state index contributed by atoms with van der Waals surface area (Å²) >= 11 is 2.74. The zero-order valence-corrected chi connectivity index (χ0v) is 9.94. The van der Waals surface area contributed by atoms with E-state index in [1.54, 1.807) is 17.3 Å². The highest BCUT2D eigenvalue weighted by molar-refractivity contribution is 7.99. The molecule has 1 fully saturated rings. The number of carbonyl (C=O) groups is 2. The molecular formula is C9H10N2O3S2. The molecule has 0 aromatic carbocycles. The molecule has 0 radical (unpaired) electrons. The minimum Gasteiger partial charge on any atom is -0.479 e. The van der Waals surface area contributed by atoms with Crippen molar-refractivity contribution in [3.05, 3.63) is 16.6 Å². The van der Waals surface area contributed by atoms with Crippen LogP contribution in [0.5, 0.6) is 0 Å². The van der Waals surface area contributed by atoms with Crippen molar-refractivity contribution >= 4 is 35.0 Å². The first kappa shape index (κ1) is 11.4. The Hall–Kier alpha value is -1.08. The quantitative estimate of drug-likeness (QED) is 0.839. The van der Waals surface area contributed by atoms with Gasteiger partial charge in [-0.1, -0.05) is 0 Å². The summed E-state index contributed by atoms with van der Waals surface area (Å²) in [4.78, 5) is 27.2. The van der Waals surface area contributed by atoms with Crippen LogP contribution in [-0.2, 0) is 4.79 Å². The number of thioether (sulfide) groups is 1. The van der Waals surface area contributed by atoms with E-state index >= 15 is 0 Å². The van der Waals surface area contributed by atoms with Crippen LogP contribution in [0.2, 0.25) is 0 Å². The highest BCUT2D eigenvalue weighted by Gasteiger charge is 2.43. The maximum absolute atomic E-state index is 11.8. The molecule has 2 N–H and O–H groups in total. The first-order valence-corrected chi connectivity index (χ1v) is 6.70. The molecule has 0 spiro atoms. The lowest BCUT2D eigenvalue weighted by atomic mass is 9.99.